The number of hydrogen-bond acceptors (Lipinski definition) is 2. The summed E-state index contributed by atoms with van der Waals surface area (Å²) in [5.74, 6) is 1.18. The van der Waals surface area contributed by atoms with E-state index >= 15 is 0 Å². The van der Waals surface area contributed by atoms with Crippen LogP contribution < -0.4 is 5.73 Å². The molecule has 4 heteroatoms. The van der Waals surface area contributed by atoms with Gasteiger partial charge in [0.1, 0.15) is 11.7 Å². The van der Waals surface area contributed by atoms with Crippen molar-refractivity contribution in [3.63, 3.8) is 0 Å². The number of nitrogens with two attached hydrogens (primary N) is 1. The summed E-state index contributed by atoms with van der Waals surface area (Å²) in [6, 6.07) is 7.86. The molecule has 0 spiro atoms. The lowest BCUT2D eigenvalue weighted by atomic mass is 10.2. The lowest BCUT2D eigenvalue weighted by molar-refractivity contribution is 0.649. The van der Waals surface area contributed by atoms with Crippen LogP contribution in [-0.2, 0) is 6.42 Å². The highest BCUT2D eigenvalue weighted by Crippen LogP contribution is 2.21. The van der Waals surface area contributed by atoms with Crippen LogP contribution in [0.4, 0.5) is 0 Å². The van der Waals surface area contributed by atoms with E-state index in [2.05, 4.69) is 16.5 Å². The molecule has 0 aliphatic heterocycles. The predicted octanol–water partition coefficient (Wildman–Crippen LogP) is 2.49. The van der Waals surface area contributed by atoms with Gasteiger partial charge < -0.3 is 10.3 Å². The van der Waals surface area contributed by atoms with Crippen molar-refractivity contribution >= 4 is 16.9 Å². The minimum atomic E-state index is -0.135. The van der Waals surface area contributed by atoms with Gasteiger partial charge in [0.2, 0.25) is 0 Å². The van der Waals surface area contributed by atoms with Gasteiger partial charge in [-0.1, -0.05) is 19.1 Å². The number of aryl methyl sites for hydroxylation is 1. The summed E-state index contributed by atoms with van der Waals surface area (Å²) in [7, 11) is 0. The summed E-state index contributed by atoms with van der Waals surface area (Å²) in [5, 5.41) is 7.61. The van der Waals surface area contributed by atoms with Gasteiger partial charge in [0.05, 0.1) is 17.1 Å². The Morgan fingerprint density at radius 3 is 2.82 bits per heavy atom. The third kappa shape index (κ3) is 2.02. The Morgan fingerprint density at radius 1 is 1.47 bits per heavy atom. The van der Waals surface area contributed by atoms with E-state index in [0.717, 1.165) is 29.7 Å². The second kappa shape index (κ2) is 4.57. The van der Waals surface area contributed by atoms with Crippen molar-refractivity contribution in [2.45, 2.75) is 32.7 Å². The largest absolute Gasteiger partial charge is 0.386 e. The SMILES string of the molecule is CCCc1nc2ccccc2n1C(C)C(=N)N. The maximum absolute atomic E-state index is 7.61. The number of benzene rings is 1. The zero-order chi connectivity index (χ0) is 12.4. The van der Waals surface area contributed by atoms with E-state index in [-0.39, 0.29) is 11.9 Å². The highest BCUT2D eigenvalue weighted by molar-refractivity contribution is 5.84. The number of hydrogen-bond donors (Lipinski definition) is 2. The van der Waals surface area contributed by atoms with E-state index in [9.17, 15) is 0 Å². The molecule has 0 saturated carbocycles. The Labute approximate surface area is 101 Å². The monoisotopic (exact) mass is 230 g/mol. The first-order chi connectivity index (χ1) is 8.15. The number of nitrogens with one attached hydrogen (secondary N) is 1. The van der Waals surface area contributed by atoms with E-state index in [1.54, 1.807) is 0 Å². The third-order valence-corrected chi connectivity index (χ3v) is 2.98. The molecule has 1 unspecified atom stereocenters. The van der Waals surface area contributed by atoms with Gasteiger partial charge in [0, 0.05) is 6.42 Å². The van der Waals surface area contributed by atoms with Crippen LogP contribution in [0, 0.1) is 5.41 Å². The first kappa shape index (κ1) is 11.6. The molecule has 4 nitrogen and oxygen atoms in total. The molecule has 0 amide bonds. The van der Waals surface area contributed by atoms with E-state index in [0.29, 0.717) is 0 Å². The molecule has 2 rings (SSSR count). The van der Waals surface area contributed by atoms with Gasteiger partial charge in [-0.25, -0.2) is 4.98 Å². The van der Waals surface area contributed by atoms with Crippen LogP contribution in [0.5, 0.6) is 0 Å². The molecule has 1 aromatic heterocycles. The summed E-state index contributed by atoms with van der Waals surface area (Å²) in [5.41, 5.74) is 7.65. The fourth-order valence-electron chi connectivity index (χ4n) is 2.07. The van der Waals surface area contributed by atoms with Gasteiger partial charge in [-0.2, -0.15) is 0 Å². The van der Waals surface area contributed by atoms with Gasteiger partial charge in [0.25, 0.3) is 0 Å². The Bertz CT molecular complexity index is 541. The fraction of sp³-hybridized carbons (Fsp3) is 0.385. The minimum Gasteiger partial charge on any atom is -0.386 e. The van der Waals surface area contributed by atoms with Gasteiger partial charge in [-0.15, -0.1) is 0 Å². The summed E-state index contributed by atoms with van der Waals surface area (Å²) < 4.78 is 2.07. The average Bonchev–Trinajstić information content (AvgIpc) is 2.66. The van der Waals surface area contributed by atoms with E-state index in [4.69, 9.17) is 11.1 Å². The van der Waals surface area contributed by atoms with Crippen molar-refractivity contribution in [1.82, 2.24) is 9.55 Å². The van der Waals surface area contributed by atoms with Crippen LogP contribution in [0.15, 0.2) is 24.3 Å². The molecule has 1 atom stereocenters. The van der Waals surface area contributed by atoms with Crippen molar-refractivity contribution in [1.29, 1.82) is 5.41 Å². The summed E-state index contributed by atoms with van der Waals surface area (Å²) in [6.45, 7) is 4.07. The van der Waals surface area contributed by atoms with Gasteiger partial charge >= 0.3 is 0 Å². The molecule has 0 aliphatic carbocycles. The average molecular weight is 230 g/mol. The molecule has 17 heavy (non-hydrogen) atoms. The van der Waals surface area contributed by atoms with Crippen LogP contribution in [0.25, 0.3) is 11.0 Å². The van der Waals surface area contributed by atoms with Crippen molar-refractivity contribution in [2.24, 2.45) is 5.73 Å². The lowest BCUT2D eigenvalue weighted by Gasteiger charge is -2.15. The molecule has 90 valence electrons. The first-order valence-electron chi connectivity index (χ1n) is 5.95. The number of fused-ring (bicyclic) bond motifs is 1. The minimum absolute atomic E-state index is 0.135. The molecule has 0 saturated heterocycles. The molecule has 0 bridgehead atoms. The van der Waals surface area contributed by atoms with Crippen LogP contribution in [0.2, 0.25) is 0 Å². The quantitative estimate of drug-likeness (QED) is 0.626. The van der Waals surface area contributed by atoms with Crippen LogP contribution in [0.1, 0.15) is 32.1 Å². The number of para-hydroxylation sites is 2. The third-order valence-electron chi connectivity index (χ3n) is 2.98. The number of imidazole rings is 1. The maximum atomic E-state index is 7.61. The summed E-state index contributed by atoms with van der Waals surface area (Å²) in [6.07, 6.45) is 1.94. The van der Waals surface area contributed by atoms with Gasteiger partial charge in [0.15, 0.2) is 0 Å². The number of rotatable bonds is 4. The molecule has 1 aromatic carbocycles. The van der Waals surface area contributed by atoms with E-state index in [1.165, 1.54) is 0 Å². The fourth-order valence-corrected chi connectivity index (χ4v) is 2.07. The normalized spacial score (nSPS) is 12.8. The highest BCUT2D eigenvalue weighted by atomic mass is 15.1. The van der Waals surface area contributed by atoms with Crippen LogP contribution in [-0.4, -0.2) is 15.4 Å². The second-order valence-electron chi connectivity index (χ2n) is 4.27. The van der Waals surface area contributed by atoms with Crippen LogP contribution >= 0.6 is 0 Å². The summed E-state index contributed by atoms with van der Waals surface area (Å²) in [4.78, 5) is 4.62. The van der Waals surface area contributed by atoms with Crippen molar-refractivity contribution in [2.75, 3.05) is 0 Å². The van der Waals surface area contributed by atoms with E-state index < -0.39 is 0 Å². The molecule has 0 fully saturated rings. The Morgan fingerprint density at radius 2 is 2.18 bits per heavy atom. The standard InChI is InChI=1S/C13H18N4/c1-3-6-12-16-10-7-4-5-8-11(10)17(12)9(2)13(14)15/h4-5,7-9H,3,6H2,1-2H3,(H3,14,15). The molecule has 3 N–H and O–H groups in total. The number of amidine groups is 1. The zero-order valence-electron chi connectivity index (χ0n) is 10.3. The zero-order valence-corrected chi connectivity index (χ0v) is 10.3. The second-order valence-corrected chi connectivity index (χ2v) is 4.27. The van der Waals surface area contributed by atoms with Crippen molar-refractivity contribution < 1.29 is 0 Å². The van der Waals surface area contributed by atoms with Crippen molar-refractivity contribution in [3.05, 3.63) is 30.1 Å². The predicted molar refractivity (Wildman–Crippen MR) is 70.4 cm³/mol. The molecule has 0 radical (unpaired) electrons. The smallest absolute Gasteiger partial charge is 0.114 e. The molecule has 1 heterocycles. The number of aromatic nitrogens is 2. The molecular weight excluding hydrogens is 212 g/mol. The Hall–Kier alpha value is -1.84. The molecular formula is C13H18N4. The molecule has 0 aliphatic rings. The Kier molecular flexibility index (Phi) is 3.13. The first-order valence-corrected chi connectivity index (χ1v) is 5.95. The molecule has 2 aromatic rings. The van der Waals surface area contributed by atoms with Crippen LogP contribution in [0.3, 0.4) is 0 Å². The Balaban J connectivity index is 2.63. The van der Waals surface area contributed by atoms with Gasteiger partial charge in [-0.05, 0) is 25.5 Å². The maximum Gasteiger partial charge on any atom is 0.114 e. The summed E-state index contributed by atoms with van der Waals surface area (Å²) >= 11 is 0. The van der Waals surface area contributed by atoms with Crippen molar-refractivity contribution in [3.8, 4) is 0 Å². The highest BCUT2D eigenvalue weighted by Gasteiger charge is 2.16. The van der Waals surface area contributed by atoms with E-state index in [1.807, 2.05) is 31.2 Å². The van der Waals surface area contributed by atoms with Gasteiger partial charge in [-0.3, -0.25) is 5.41 Å². The topological polar surface area (TPSA) is 67.7 Å². The number of nitrogens with zero attached hydrogens (tertiary/aromatic N) is 2. The lowest BCUT2D eigenvalue weighted by Crippen LogP contribution is -2.24.